The summed E-state index contributed by atoms with van der Waals surface area (Å²) in [6.07, 6.45) is -0.669. The van der Waals surface area contributed by atoms with Crippen LogP contribution in [0.1, 0.15) is 31.1 Å². The Kier molecular flexibility index (Phi) is 7.50. The van der Waals surface area contributed by atoms with Crippen molar-refractivity contribution in [2.24, 2.45) is 0 Å². The van der Waals surface area contributed by atoms with E-state index in [0.29, 0.717) is 11.3 Å². The molecule has 1 aromatic rings. The molecule has 0 aromatic heterocycles. The zero-order chi connectivity index (χ0) is 18.3. The molecule has 7 nitrogen and oxygen atoms in total. The van der Waals surface area contributed by atoms with Gasteiger partial charge in [0.05, 0.1) is 19.3 Å². The first-order valence-corrected chi connectivity index (χ1v) is 8.17. The van der Waals surface area contributed by atoms with Crippen LogP contribution in [0, 0.1) is 0 Å². The highest BCUT2D eigenvalue weighted by atomic mass is 79.9. The minimum atomic E-state index is -0.748. The maximum absolute atomic E-state index is 11.8. The number of carbonyl (C=O) groups is 2. The van der Waals surface area contributed by atoms with E-state index in [1.807, 2.05) is 0 Å². The SMILES string of the molecule is COC(=O)c1cccc(OC(Br)C(CO)NC(=O)OC(C)(C)C)c1. The van der Waals surface area contributed by atoms with Crippen LogP contribution in [0.25, 0.3) is 0 Å². The van der Waals surface area contributed by atoms with Crippen LogP contribution in [0.3, 0.4) is 0 Å². The molecule has 1 rings (SSSR count). The molecule has 2 atom stereocenters. The van der Waals surface area contributed by atoms with E-state index in [4.69, 9.17) is 9.47 Å². The summed E-state index contributed by atoms with van der Waals surface area (Å²) in [6.45, 7) is 4.84. The Bertz CT molecular complexity index is 572. The van der Waals surface area contributed by atoms with E-state index in [9.17, 15) is 14.7 Å². The molecular formula is C16H22BrNO6. The van der Waals surface area contributed by atoms with E-state index < -0.39 is 28.7 Å². The highest BCUT2D eigenvalue weighted by molar-refractivity contribution is 9.09. The second-order valence-corrected chi connectivity index (χ2v) is 6.83. The number of amides is 1. The number of benzene rings is 1. The molecule has 24 heavy (non-hydrogen) atoms. The molecule has 134 valence electrons. The molecular weight excluding hydrogens is 382 g/mol. The Balaban J connectivity index is 2.72. The zero-order valence-corrected chi connectivity index (χ0v) is 15.6. The number of esters is 1. The fourth-order valence-electron chi connectivity index (χ4n) is 1.68. The summed E-state index contributed by atoms with van der Waals surface area (Å²) in [4.78, 5) is 23.3. The highest BCUT2D eigenvalue weighted by Gasteiger charge is 2.25. The van der Waals surface area contributed by atoms with E-state index in [1.54, 1.807) is 39.0 Å². The lowest BCUT2D eigenvalue weighted by Crippen LogP contribution is -2.47. The Labute approximate surface area is 149 Å². The van der Waals surface area contributed by atoms with E-state index in [2.05, 4.69) is 26.0 Å². The van der Waals surface area contributed by atoms with E-state index in [0.717, 1.165) is 0 Å². The van der Waals surface area contributed by atoms with E-state index in [1.165, 1.54) is 13.2 Å². The van der Waals surface area contributed by atoms with Crippen molar-refractivity contribution in [3.8, 4) is 5.75 Å². The maximum Gasteiger partial charge on any atom is 0.408 e. The maximum atomic E-state index is 11.8. The summed E-state index contributed by atoms with van der Waals surface area (Å²) in [6, 6.07) is 5.62. The molecule has 1 amide bonds. The summed E-state index contributed by atoms with van der Waals surface area (Å²) in [5, 5.41) is 11.2. The van der Waals surface area contributed by atoms with Gasteiger partial charge in [-0.15, -0.1) is 0 Å². The summed E-state index contributed by atoms with van der Waals surface area (Å²) in [5.74, 6) is -0.110. The molecule has 0 saturated carbocycles. The van der Waals surface area contributed by atoms with Crippen LogP contribution in [0.2, 0.25) is 0 Å². The molecule has 0 aliphatic carbocycles. The molecule has 0 spiro atoms. The largest absolute Gasteiger partial charge is 0.477 e. The number of carbonyl (C=O) groups excluding carboxylic acids is 2. The standard InChI is InChI=1S/C16H22BrNO6/c1-16(2,3)24-15(21)18-12(9-19)13(17)23-11-7-5-6-10(8-11)14(20)22-4/h5-8,12-13,19H,9H2,1-4H3,(H,18,21). The van der Waals surface area contributed by atoms with Crippen LogP contribution in [0.4, 0.5) is 4.79 Å². The van der Waals surface area contributed by atoms with Crippen molar-refractivity contribution >= 4 is 28.0 Å². The van der Waals surface area contributed by atoms with Crippen molar-refractivity contribution in [3.63, 3.8) is 0 Å². The number of alkyl halides is 1. The summed E-state index contributed by atoms with van der Waals surface area (Å²) >= 11 is 3.26. The summed E-state index contributed by atoms with van der Waals surface area (Å²) in [7, 11) is 1.29. The minimum Gasteiger partial charge on any atom is -0.477 e. The van der Waals surface area contributed by atoms with Gasteiger partial charge in [-0.2, -0.15) is 0 Å². The third-order valence-corrected chi connectivity index (χ3v) is 3.54. The van der Waals surface area contributed by atoms with Crippen molar-refractivity contribution in [1.29, 1.82) is 0 Å². The molecule has 0 bridgehead atoms. The van der Waals surface area contributed by atoms with Gasteiger partial charge in [0, 0.05) is 0 Å². The van der Waals surface area contributed by atoms with Crippen molar-refractivity contribution < 1.29 is 28.9 Å². The van der Waals surface area contributed by atoms with Gasteiger partial charge in [-0.3, -0.25) is 0 Å². The first kappa shape index (κ1) is 20.2. The third kappa shape index (κ3) is 6.76. The smallest absolute Gasteiger partial charge is 0.408 e. The molecule has 8 heteroatoms. The second-order valence-electron chi connectivity index (χ2n) is 5.92. The normalized spacial score (nSPS) is 13.6. The van der Waals surface area contributed by atoms with Crippen LogP contribution >= 0.6 is 15.9 Å². The van der Waals surface area contributed by atoms with Crippen LogP contribution in [-0.2, 0) is 9.47 Å². The fourth-order valence-corrected chi connectivity index (χ4v) is 2.19. The van der Waals surface area contributed by atoms with Gasteiger partial charge in [-0.05, 0) is 54.9 Å². The van der Waals surface area contributed by atoms with E-state index in [-0.39, 0.29) is 6.61 Å². The van der Waals surface area contributed by atoms with Gasteiger partial charge in [0.2, 0.25) is 0 Å². The Morgan fingerprint density at radius 1 is 1.33 bits per heavy atom. The van der Waals surface area contributed by atoms with Crippen LogP contribution in [-0.4, -0.2) is 47.5 Å². The van der Waals surface area contributed by atoms with Gasteiger partial charge >= 0.3 is 12.1 Å². The Morgan fingerprint density at radius 2 is 2.00 bits per heavy atom. The first-order chi connectivity index (χ1) is 11.2. The number of ether oxygens (including phenoxy) is 3. The average Bonchev–Trinajstić information content (AvgIpc) is 2.50. The second kappa shape index (κ2) is 8.89. The van der Waals surface area contributed by atoms with Gasteiger partial charge in [0.1, 0.15) is 17.4 Å². The summed E-state index contributed by atoms with van der Waals surface area (Å²) in [5.41, 5.74) is -0.322. The number of methoxy groups -OCH3 is 1. The van der Waals surface area contributed by atoms with Crippen LogP contribution in [0.15, 0.2) is 24.3 Å². The number of nitrogens with one attached hydrogen (secondary N) is 1. The van der Waals surface area contributed by atoms with Crippen molar-refractivity contribution in [2.75, 3.05) is 13.7 Å². The average molecular weight is 404 g/mol. The monoisotopic (exact) mass is 403 g/mol. The molecule has 0 aliphatic rings. The lowest BCUT2D eigenvalue weighted by Gasteiger charge is -2.25. The number of alkyl carbamates (subject to hydrolysis) is 1. The third-order valence-electron chi connectivity index (χ3n) is 2.72. The number of hydrogen-bond donors (Lipinski definition) is 2. The predicted octanol–water partition coefficient (Wildman–Crippen LogP) is 2.46. The molecule has 0 saturated heterocycles. The topological polar surface area (TPSA) is 94.1 Å². The van der Waals surface area contributed by atoms with Crippen LogP contribution in [0.5, 0.6) is 5.75 Å². The van der Waals surface area contributed by atoms with Crippen molar-refractivity contribution in [3.05, 3.63) is 29.8 Å². The molecule has 2 N–H and O–H groups in total. The predicted molar refractivity (Wildman–Crippen MR) is 91.4 cm³/mol. The lowest BCUT2D eigenvalue weighted by molar-refractivity contribution is 0.0447. The first-order valence-electron chi connectivity index (χ1n) is 7.25. The zero-order valence-electron chi connectivity index (χ0n) is 14.0. The number of halogens is 1. The van der Waals surface area contributed by atoms with Gasteiger partial charge in [0.25, 0.3) is 0 Å². The molecule has 0 fully saturated rings. The van der Waals surface area contributed by atoms with E-state index >= 15 is 0 Å². The quantitative estimate of drug-likeness (QED) is 0.559. The van der Waals surface area contributed by atoms with Gasteiger partial charge in [-0.25, -0.2) is 9.59 Å². The van der Waals surface area contributed by atoms with Gasteiger partial charge in [-0.1, -0.05) is 6.07 Å². The van der Waals surface area contributed by atoms with Crippen molar-refractivity contribution in [1.82, 2.24) is 5.32 Å². The number of aliphatic hydroxyl groups excluding tert-OH is 1. The Hall–Kier alpha value is -1.80. The number of aliphatic hydroxyl groups is 1. The molecule has 0 radical (unpaired) electrons. The minimum absolute atomic E-state index is 0.329. The number of hydrogen-bond acceptors (Lipinski definition) is 6. The lowest BCUT2D eigenvalue weighted by atomic mass is 10.2. The van der Waals surface area contributed by atoms with Crippen molar-refractivity contribution in [2.45, 2.75) is 37.4 Å². The fraction of sp³-hybridized carbons (Fsp3) is 0.500. The van der Waals surface area contributed by atoms with Gasteiger partial charge in [0.15, 0.2) is 5.01 Å². The number of rotatable bonds is 6. The van der Waals surface area contributed by atoms with Gasteiger partial charge < -0.3 is 24.6 Å². The molecule has 0 heterocycles. The Morgan fingerprint density at radius 3 is 2.54 bits per heavy atom. The molecule has 1 aromatic carbocycles. The molecule has 0 aliphatic heterocycles. The summed E-state index contributed by atoms with van der Waals surface area (Å²) < 4.78 is 15.4. The van der Waals surface area contributed by atoms with Crippen LogP contribution < -0.4 is 10.1 Å². The molecule has 2 unspecified atom stereocenters. The highest BCUT2D eigenvalue weighted by Crippen LogP contribution is 2.19.